The number of hydrogen-bond donors (Lipinski definition) is 2. The minimum atomic E-state index is -0.629. The van der Waals surface area contributed by atoms with Crippen LogP contribution in [0.15, 0.2) is 12.1 Å². The maximum absolute atomic E-state index is 14.0. The molecule has 9 heteroatoms. The Hall–Kier alpha value is -2.39. The Morgan fingerprint density at radius 3 is 3.04 bits per heavy atom. The molecule has 0 spiro atoms. The lowest BCUT2D eigenvalue weighted by atomic mass is 10.1. The zero-order valence-corrected chi connectivity index (χ0v) is 12.7. The van der Waals surface area contributed by atoms with Gasteiger partial charge in [-0.05, 0) is 6.07 Å². The van der Waals surface area contributed by atoms with Crippen LogP contribution in [0.4, 0.5) is 4.39 Å². The number of nitrogens with one attached hydrogen (secondary N) is 2. The van der Waals surface area contributed by atoms with E-state index < -0.39 is 11.7 Å². The number of aromatic amines is 1. The van der Waals surface area contributed by atoms with Crippen molar-refractivity contribution in [2.45, 2.75) is 19.6 Å². The number of amides is 1. The van der Waals surface area contributed by atoms with Gasteiger partial charge in [-0.3, -0.25) is 4.79 Å². The van der Waals surface area contributed by atoms with Crippen LogP contribution in [0.2, 0.25) is 0 Å². The SMILES string of the molecule is O=C(NCc1nc2c(s1)COCC2)c1cc2n[nH]nc2cc1F. The van der Waals surface area contributed by atoms with E-state index in [1.165, 1.54) is 23.5 Å². The molecule has 23 heavy (non-hydrogen) atoms. The number of halogens is 1. The minimum absolute atomic E-state index is 0.0592. The fourth-order valence-corrected chi connectivity index (χ4v) is 3.43. The number of carbonyl (C=O) groups excluding carboxylic acids is 1. The number of aromatic nitrogens is 4. The largest absolute Gasteiger partial charge is 0.375 e. The van der Waals surface area contributed by atoms with E-state index in [-0.39, 0.29) is 12.1 Å². The van der Waals surface area contributed by atoms with Crippen molar-refractivity contribution in [1.29, 1.82) is 0 Å². The number of fused-ring (bicyclic) bond motifs is 2. The number of rotatable bonds is 3. The summed E-state index contributed by atoms with van der Waals surface area (Å²) in [6.45, 7) is 1.50. The van der Waals surface area contributed by atoms with Crippen LogP contribution >= 0.6 is 11.3 Å². The molecule has 0 aliphatic carbocycles. The van der Waals surface area contributed by atoms with Crippen molar-refractivity contribution in [2.24, 2.45) is 0 Å². The third-order valence-corrected chi connectivity index (χ3v) is 4.66. The first kappa shape index (κ1) is 14.2. The van der Waals surface area contributed by atoms with Crippen LogP contribution in [-0.2, 0) is 24.3 Å². The second kappa shape index (κ2) is 5.67. The van der Waals surface area contributed by atoms with Crippen LogP contribution in [0.5, 0.6) is 0 Å². The Morgan fingerprint density at radius 2 is 2.22 bits per heavy atom. The molecule has 1 aromatic carbocycles. The molecule has 2 N–H and O–H groups in total. The monoisotopic (exact) mass is 333 g/mol. The summed E-state index contributed by atoms with van der Waals surface area (Å²) in [5, 5.41) is 13.5. The van der Waals surface area contributed by atoms with E-state index in [1.54, 1.807) is 0 Å². The van der Waals surface area contributed by atoms with Gasteiger partial charge in [0, 0.05) is 12.5 Å². The summed E-state index contributed by atoms with van der Waals surface area (Å²) in [6, 6.07) is 2.57. The first-order valence-corrected chi connectivity index (χ1v) is 7.86. The van der Waals surface area contributed by atoms with Gasteiger partial charge in [0.15, 0.2) is 0 Å². The van der Waals surface area contributed by atoms with E-state index >= 15 is 0 Å². The summed E-state index contributed by atoms with van der Waals surface area (Å²) in [4.78, 5) is 17.8. The lowest BCUT2D eigenvalue weighted by Crippen LogP contribution is -2.23. The van der Waals surface area contributed by atoms with Gasteiger partial charge >= 0.3 is 0 Å². The summed E-state index contributed by atoms with van der Waals surface area (Å²) in [7, 11) is 0. The second-order valence-corrected chi connectivity index (χ2v) is 6.28. The highest BCUT2D eigenvalue weighted by molar-refractivity contribution is 7.11. The van der Waals surface area contributed by atoms with E-state index in [0.29, 0.717) is 24.2 Å². The molecule has 3 heterocycles. The predicted octanol–water partition coefficient (Wildman–Crippen LogP) is 1.56. The average Bonchev–Trinajstić information content (AvgIpc) is 3.17. The van der Waals surface area contributed by atoms with Crippen molar-refractivity contribution in [3.05, 3.63) is 39.1 Å². The van der Waals surface area contributed by atoms with Crippen LogP contribution in [0.1, 0.15) is 25.9 Å². The summed E-state index contributed by atoms with van der Waals surface area (Å²) in [6.07, 6.45) is 0.789. The molecule has 1 aliphatic rings. The first-order chi connectivity index (χ1) is 11.2. The maximum Gasteiger partial charge on any atom is 0.254 e. The number of benzene rings is 1. The highest BCUT2D eigenvalue weighted by atomic mass is 32.1. The molecule has 7 nitrogen and oxygen atoms in total. The molecule has 0 saturated heterocycles. The third kappa shape index (κ3) is 2.68. The van der Waals surface area contributed by atoms with E-state index in [2.05, 4.69) is 25.7 Å². The van der Waals surface area contributed by atoms with Crippen molar-refractivity contribution in [3.63, 3.8) is 0 Å². The standard InChI is InChI=1S/C14H12FN5O2S/c15-8-4-11-10(18-20-19-11)3-7(8)14(21)16-5-13-17-9-1-2-22-6-12(9)23-13/h3-4H,1-2,5-6H2,(H,16,21)(H,18,19,20). The van der Waals surface area contributed by atoms with E-state index in [0.717, 1.165) is 22.0 Å². The summed E-state index contributed by atoms with van der Waals surface area (Å²) in [5.41, 5.74) is 1.79. The molecule has 2 aromatic heterocycles. The molecule has 0 unspecified atom stereocenters. The van der Waals surface area contributed by atoms with Crippen molar-refractivity contribution in [1.82, 2.24) is 25.7 Å². The summed E-state index contributed by atoms with van der Waals surface area (Å²) in [5.74, 6) is -1.13. The molecule has 0 radical (unpaired) electrons. The fraction of sp³-hybridized carbons (Fsp3) is 0.286. The lowest BCUT2D eigenvalue weighted by Gasteiger charge is -2.08. The first-order valence-electron chi connectivity index (χ1n) is 7.04. The fourth-order valence-electron chi connectivity index (χ4n) is 2.44. The van der Waals surface area contributed by atoms with Gasteiger partial charge < -0.3 is 10.1 Å². The number of thiazole rings is 1. The van der Waals surface area contributed by atoms with Gasteiger partial charge in [-0.2, -0.15) is 15.4 Å². The molecular formula is C14H12FN5O2S. The molecular weight excluding hydrogens is 321 g/mol. The Labute approximate surface area is 133 Å². The normalized spacial score (nSPS) is 14.0. The Kier molecular flexibility index (Phi) is 3.50. The van der Waals surface area contributed by atoms with Crippen molar-refractivity contribution >= 4 is 28.3 Å². The Morgan fingerprint density at radius 1 is 1.39 bits per heavy atom. The molecule has 0 saturated carbocycles. The zero-order chi connectivity index (χ0) is 15.8. The van der Waals surface area contributed by atoms with Crippen LogP contribution in [-0.4, -0.2) is 32.9 Å². The number of ether oxygens (including phenoxy) is 1. The Balaban J connectivity index is 1.50. The van der Waals surface area contributed by atoms with Crippen LogP contribution < -0.4 is 5.32 Å². The molecule has 3 aromatic rings. The van der Waals surface area contributed by atoms with Gasteiger partial charge in [0.05, 0.1) is 35.9 Å². The number of carbonyl (C=O) groups is 1. The molecule has 0 atom stereocenters. The van der Waals surface area contributed by atoms with Gasteiger partial charge in [-0.25, -0.2) is 9.37 Å². The maximum atomic E-state index is 14.0. The van der Waals surface area contributed by atoms with Gasteiger partial charge in [-0.15, -0.1) is 11.3 Å². The van der Waals surface area contributed by atoms with E-state index in [1.807, 2.05) is 0 Å². The van der Waals surface area contributed by atoms with Crippen LogP contribution in [0.25, 0.3) is 11.0 Å². The van der Waals surface area contributed by atoms with Gasteiger partial charge in [-0.1, -0.05) is 0 Å². The number of H-pyrrole nitrogens is 1. The average molecular weight is 333 g/mol. The topological polar surface area (TPSA) is 92.8 Å². The van der Waals surface area contributed by atoms with Crippen molar-refractivity contribution < 1.29 is 13.9 Å². The summed E-state index contributed by atoms with van der Waals surface area (Å²) < 4.78 is 19.4. The highest BCUT2D eigenvalue weighted by Gasteiger charge is 2.18. The Bertz CT molecular complexity index is 867. The molecule has 1 amide bonds. The van der Waals surface area contributed by atoms with Crippen LogP contribution in [0, 0.1) is 5.82 Å². The predicted molar refractivity (Wildman–Crippen MR) is 80.5 cm³/mol. The van der Waals surface area contributed by atoms with Gasteiger partial charge in [0.25, 0.3) is 5.91 Å². The molecule has 0 bridgehead atoms. The summed E-state index contributed by atoms with van der Waals surface area (Å²) >= 11 is 1.51. The van der Waals surface area contributed by atoms with Gasteiger partial charge in [0.2, 0.25) is 0 Å². The van der Waals surface area contributed by atoms with E-state index in [4.69, 9.17) is 4.74 Å². The number of nitrogens with zero attached hydrogens (tertiary/aromatic N) is 3. The lowest BCUT2D eigenvalue weighted by molar-refractivity contribution is 0.0947. The zero-order valence-electron chi connectivity index (χ0n) is 11.9. The molecule has 0 fully saturated rings. The highest BCUT2D eigenvalue weighted by Crippen LogP contribution is 2.23. The van der Waals surface area contributed by atoms with Gasteiger partial charge in [0.1, 0.15) is 21.9 Å². The van der Waals surface area contributed by atoms with Crippen molar-refractivity contribution in [2.75, 3.05) is 6.61 Å². The smallest absolute Gasteiger partial charge is 0.254 e. The molecule has 4 rings (SSSR count). The quantitative estimate of drug-likeness (QED) is 0.759. The second-order valence-electron chi connectivity index (χ2n) is 5.11. The molecule has 1 aliphatic heterocycles. The van der Waals surface area contributed by atoms with Crippen molar-refractivity contribution in [3.8, 4) is 0 Å². The molecule has 118 valence electrons. The minimum Gasteiger partial charge on any atom is -0.375 e. The van der Waals surface area contributed by atoms with Crippen LogP contribution in [0.3, 0.4) is 0 Å². The van der Waals surface area contributed by atoms with E-state index in [9.17, 15) is 9.18 Å². The third-order valence-electron chi connectivity index (χ3n) is 3.59. The number of hydrogen-bond acceptors (Lipinski definition) is 6.